The molecule has 2 unspecified atom stereocenters. The number of rotatable bonds is 7. The first-order valence-corrected chi connectivity index (χ1v) is 9.92. The number of hydrogen-bond acceptors (Lipinski definition) is 2. The van der Waals surface area contributed by atoms with Gasteiger partial charge in [0.2, 0.25) is 0 Å². The molecule has 0 aliphatic carbocycles. The van der Waals surface area contributed by atoms with Gasteiger partial charge in [-0.1, -0.05) is 37.6 Å². The average Bonchev–Trinajstić information content (AvgIpc) is 2.71. The quantitative estimate of drug-likeness (QED) is 0.556. The molecule has 152 valence electrons. The molecule has 1 aliphatic rings. The normalized spacial score (nSPS) is 19.8. The molecule has 2 atom stereocenters. The molecule has 0 spiro atoms. The first-order valence-electron chi connectivity index (χ1n) is 9.92. The molecule has 1 fully saturated rings. The highest BCUT2D eigenvalue weighted by atomic mass is 19.2. The van der Waals surface area contributed by atoms with Gasteiger partial charge in [0.1, 0.15) is 5.82 Å². The Hall–Kier alpha value is -1.85. The van der Waals surface area contributed by atoms with Gasteiger partial charge in [-0.05, 0) is 48.8 Å². The Morgan fingerprint density at radius 1 is 1.04 bits per heavy atom. The highest BCUT2D eigenvalue weighted by molar-refractivity contribution is 5.66. The van der Waals surface area contributed by atoms with E-state index in [4.69, 9.17) is 9.47 Å². The fourth-order valence-electron chi connectivity index (χ4n) is 3.79. The van der Waals surface area contributed by atoms with E-state index in [9.17, 15) is 13.2 Å². The lowest BCUT2D eigenvalue weighted by Crippen LogP contribution is -2.21. The van der Waals surface area contributed by atoms with Gasteiger partial charge >= 0.3 is 0 Å². The number of aryl methyl sites for hydroxylation is 1. The number of benzene rings is 2. The Kier molecular flexibility index (Phi) is 7.13. The summed E-state index contributed by atoms with van der Waals surface area (Å²) in [5, 5.41) is 0. The maximum absolute atomic E-state index is 14.7. The Morgan fingerprint density at radius 2 is 1.82 bits per heavy atom. The van der Waals surface area contributed by atoms with Crippen LogP contribution in [-0.4, -0.2) is 20.3 Å². The minimum Gasteiger partial charge on any atom is -0.385 e. The number of methoxy groups -OCH3 is 1. The molecule has 0 aromatic heterocycles. The third kappa shape index (κ3) is 4.58. The second-order valence-corrected chi connectivity index (χ2v) is 7.44. The van der Waals surface area contributed by atoms with Crippen LogP contribution in [0.5, 0.6) is 0 Å². The van der Waals surface area contributed by atoms with Crippen molar-refractivity contribution in [1.82, 2.24) is 0 Å². The van der Waals surface area contributed by atoms with Gasteiger partial charge in [0, 0.05) is 24.8 Å². The van der Waals surface area contributed by atoms with E-state index in [-0.39, 0.29) is 17.2 Å². The largest absolute Gasteiger partial charge is 0.385 e. The van der Waals surface area contributed by atoms with E-state index in [2.05, 4.69) is 0 Å². The molecule has 0 amide bonds. The number of halogens is 3. The first-order chi connectivity index (χ1) is 13.5. The molecule has 0 bridgehead atoms. The average molecular weight is 392 g/mol. The highest BCUT2D eigenvalue weighted by Gasteiger charge is 2.24. The number of hydrogen-bond donors (Lipinski definition) is 0. The maximum atomic E-state index is 14.7. The van der Waals surface area contributed by atoms with Gasteiger partial charge < -0.3 is 9.47 Å². The summed E-state index contributed by atoms with van der Waals surface area (Å²) in [4.78, 5) is 0. The van der Waals surface area contributed by atoms with E-state index >= 15 is 0 Å². The lowest BCUT2D eigenvalue weighted by molar-refractivity contribution is -0.0246. The fourth-order valence-corrected chi connectivity index (χ4v) is 3.79. The summed E-state index contributed by atoms with van der Waals surface area (Å²) in [5.41, 5.74) is 1.07. The Balaban J connectivity index is 1.76. The van der Waals surface area contributed by atoms with Crippen LogP contribution >= 0.6 is 0 Å². The Bertz CT molecular complexity index is 799. The molecular weight excluding hydrogens is 365 g/mol. The van der Waals surface area contributed by atoms with Crippen molar-refractivity contribution in [3.8, 4) is 11.1 Å². The topological polar surface area (TPSA) is 18.5 Å². The molecule has 5 heteroatoms. The maximum Gasteiger partial charge on any atom is 0.167 e. The van der Waals surface area contributed by atoms with Gasteiger partial charge in [-0.2, -0.15) is 0 Å². The fraction of sp³-hybridized carbons (Fsp3) is 0.478. The van der Waals surface area contributed by atoms with Gasteiger partial charge in [0.15, 0.2) is 11.6 Å². The monoisotopic (exact) mass is 392 g/mol. The van der Waals surface area contributed by atoms with E-state index in [0.29, 0.717) is 37.5 Å². The van der Waals surface area contributed by atoms with Crippen LogP contribution in [-0.2, 0) is 15.9 Å². The van der Waals surface area contributed by atoms with Gasteiger partial charge in [-0.25, -0.2) is 13.2 Å². The molecule has 28 heavy (non-hydrogen) atoms. The van der Waals surface area contributed by atoms with Crippen molar-refractivity contribution < 1.29 is 22.6 Å². The summed E-state index contributed by atoms with van der Waals surface area (Å²) in [6.07, 6.45) is 3.75. The zero-order valence-electron chi connectivity index (χ0n) is 16.4. The minimum atomic E-state index is -0.993. The zero-order chi connectivity index (χ0) is 20.1. The summed E-state index contributed by atoms with van der Waals surface area (Å²) in [7, 11) is 1.68. The third-order valence-electron chi connectivity index (χ3n) is 5.44. The van der Waals surface area contributed by atoms with E-state index in [0.717, 1.165) is 24.8 Å². The summed E-state index contributed by atoms with van der Waals surface area (Å²) in [6, 6.07) is 7.64. The van der Waals surface area contributed by atoms with Crippen molar-refractivity contribution in [3.05, 3.63) is 58.9 Å². The Labute approximate surface area is 164 Å². The van der Waals surface area contributed by atoms with Crippen LogP contribution < -0.4 is 0 Å². The molecule has 2 aromatic rings. The lowest BCUT2D eigenvalue weighted by atomic mass is 9.91. The molecular formula is C23H27F3O2. The molecule has 1 heterocycles. The smallest absolute Gasteiger partial charge is 0.167 e. The SMILES string of the molecule is CCCc1ccc(-c2ccc(C3CCC(CCOC)CO3)cc2F)c(F)c1F. The van der Waals surface area contributed by atoms with Crippen LogP contribution in [0.3, 0.4) is 0 Å². The summed E-state index contributed by atoms with van der Waals surface area (Å²) in [6.45, 7) is 3.23. The van der Waals surface area contributed by atoms with E-state index in [1.165, 1.54) is 24.3 Å². The van der Waals surface area contributed by atoms with Crippen molar-refractivity contribution >= 4 is 0 Å². The first kappa shape index (κ1) is 20.9. The van der Waals surface area contributed by atoms with Crippen molar-refractivity contribution in [2.24, 2.45) is 5.92 Å². The van der Waals surface area contributed by atoms with E-state index in [1.54, 1.807) is 13.2 Å². The standard InChI is InChI=1S/C23H27F3O2/c1-3-4-16-6-9-19(23(26)22(16)25)18-8-7-17(13-20(18)24)21-10-5-15(14-28-21)11-12-27-2/h6-9,13,15,21H,3-5,10-12,14H2,1-2H3. The molecule has 2 nitrogen and oxygen atoms in total. The summed E-state index contributed by atoms with van der Waals surface area (Å²) in [5.74, 6) is -1.99. The van der Waals surface area contributed by atoms with Crippen LogP contribution in [0.2, 0.25) is 0 Å². The molecule has 2 aromatic carbocycles. The third-order valence-corrected chi connectivity index (χ3v) is 5.44. The lowest BCUT2D eigenvalue weighted by Gasteiger charge is -2.29. The van der Waals surface area contributed by atoms with E-state index < -0.39 is 17.5 Å². The molecule has 0 saturated carbocycles. The van der Waals surface area contributed by atoms with Crippen LogP contribution in [0.1, 0.15) is 49.8 Å². The van der Waals surface area contributed by atoms with E-state index in [1.807, 2.05) is 6.92 Å². The van der Waals surface area contributed by atoms with Crippen molar-refractivity contribution in [1.29, 1.82) is 0 Å². The van der Waals surface area contributed by atoms with Crippen LogP contribution in [0, 0.1) is 23.4 Å². The van der Waals surface area contributed by atoms with Crippen LogP contribution in [0.25, 0.3) is 11.1 Å². The molecule has 0 N–H and O–H groups in total. The predicted molar refractivity (Wildman–Crippen MR) is 104 cm³/mol. The van der Waals surface area contributed by atoms with Crippen LogP contribution in [0.15, 0.2) is 30.3 Å². The van der Waals surface area contributed by atoms with Crippen molar-refractivity contribution in [3.63, 3.8) is 0 Å². The zero-order valence-corrected chi connectivity index (χ0v) is 16.4. The molecule has 0 radical (unpaired) electrons. The second kappa shape index (κ2) is 9.57. The van der Waals surface area contributed by atoms with Gasteiger partial charge in [0.05, 0.1) is 12.7 Å². The van der Waals surface area contributed by atoms with Gasteiger partial charge in [-0.3, -0.25) is 0 Å². The number of ether oxygens (including phenoxy) is 2. The summed E-state index contributed by atoms with van der Waals surface area (Å²) >= 11 is 0. The molecule has 1 aliphatic heterocycles. The molecule has 1 saturated heterocycles. The van der Waals surface area contributed by atoms with Gasteiger partial charge in [-0.15, -0.1) is 0 Å². The van der Waals surface area contributed by atoms with Crippen molar-refractivity contribution in [2.45, 2.75) is 45.1 Å². The minimum absolute atomic E-state index is 0.0504. The highest BCUT2D eigenvalue weighted by Crippen LogP contribution is 2.35. The van der Waals surface area contributed by atoms with Gasteiger partial charge in [0.25, 0.3) is 0 Å². The Morgan fingerprint density at radius 3 is 2.46 bits per heavy atom. The second-order valence-electron chi connectivity index (χ2n) is 7.44. The molecule has 3 rings (SSSR count). The van der Waals surface area contributed by atoms with Crippen LogP contribution in [0.4, 0.5) is 13.2 Å². The predicted octanol–water partition coefficient (Wildman–Crippen LogP) is 6.23. The van der Waals surface area contributed by atoms with Crippen molar-refractivity contribution in [2.75, 3.05) is 20.3 Å². The summed E-state index contributed by atoms with van der Waals surface area (Å²) < 4.78 is 54.4.